The summed E-state index contributed by atoms with van der Waals surface area (Å²) < 4.78 is 0. The molecule has 0 aliphatic heterocycles. The Morgan fingerprint density at radius 2 is 1.22 bits per heavy atom. The Labute approximate surface area is 53.1 Å². The molecule has 0 aromatic rings. The lowest BCUT2D eigenvalue weighted by Gasteiger charge is -2.03. The van der Waals surface area contributed by atoms with E-state index in [2.05, 4.69) is 0 Å². The minimum atomic E-state index is -0.593. The third-order valence-electron chi connectivity index (χ3n) is 0.698. The van der Waals surface area contributed by atoms with E-state index in [0.717, 1.165) is 0 Å². The second-order valence-electron chi connectivity index (χ2n) is 1.56. The minimum absolute atomic E-state index is 0.250. The molecule has 0 saturated heterocycles. The molecular formula is C5H10O4. The van der Waals surface area contributed by atoms with Gasteiger partial charge in [-0.3, -0.25) is 0 Å². The van der Waals surface area contributed by atoms with Crippen LogP contribution in [-0.4, -0.2) is 28.6 Å². The van der Waals surface area contributed by atoms with Crippen LogP contribution in [0.4, 0.5) is 0 Å². The fraction of sp³-hybridized carbons (Fsp3) is 0.800. The molecule has 0 radical (unpaired) electrons. The summed E-state index contributed by atoms with van der Waals surface area (Å²) in [7, 11) is 0. The molecule has 2 atom stereocenters. The number of aliphatic hydroxyl groups excluding tert-OH is 2. The summed E-state index contributed by atoms with van der Waals surface area (Å²) in [5.74, 6) is 0. The Kier molecular flexibility index (Phi) is 9.04. The molecule has 0 fully saturated rings. The van der Waals surface area contributed by atoms with Crippen LogP contribution in [0.1, 0.15) is 13.8 Å². The number of hydrogen-bond donors (Lipinski definition) is 2. The highest BCUT2D eigenvalue weighted by molar-refractivity contribution is 5.20. The topological polar surface area (TPSA) is 74.6 Å². The van der Waals surface area contributed by atoms with Crippen molar-refractivity contribution >= 4 is 6.15 Å². The first kappa shape index (κ1) is 11.1. The molecule has 54 valence electrons. The normalized spacial score (nSPS) is 14.2. The van der Waals surface area contributed by atoms with Gasteiger partial charge < -0.3 is 10.2 Å². The molecule has 0 amide bonds. The quantitative estimate of drug-likeness (QED) is 0.490. The van der Waals surface area contributed by atoms with Crippen LogP contribution in [-0.2, 0) is 9.59 Å². The SMILES string of the molecule is CC(O)C(C)O.O=C=O. The zero-order valence-electron chi connectivity index (χ0n) is 5.37. The van der Waals surface area contributed by atoms with Gasteiger partial charge in [0, 0.05) is 0 Å². The second-order valence-corrected chi connectivity index (χ2v) is 1.56. The summed E-state index contributed by atoms with van der Waals surface area (Å²) in [6, 6.07) is 0. The number of hydrogen-bond acceptors (Lipinski definition) is 4. The smallest absolute Gasteiger partial charge is 0.373 e. The van der Waals surface area contributed by atoms with E-state index in [1.54, 1.807) is 13.8 Å². The molecule has 0 aliphatic carbocycles. The van der Waals surface area contributed by atoms with Gasteiger partial charge >= 0.3 is 6.15 Å². The van der Waals surface area contributed by atoms with Crippen molar-refractivity contribution in [1.29, 1.82) is 0 Å². The number of rotatable bonds is 1. The molecule has 0 heterocycles. The molecular weight excluding hydrogens is 124 g/mol. The lowest BCUT2D eigenvalue weighted by atomic mass is 10.3. The van der Waals surface area contributed by atoms with Crippen molar-refractivity contribution in [2.45, 2.75) is 26.1 Å². The Morgan fingerprint density at radius 3 is 1.22 bits per heavy atom. The zero-order chi connectivity index (χ0) is 7.86. The minimum Gasteiger partial charge on any atom is -0.391 e. The maximum absolute atomic E-state index is 8.38. The first-order valence-corrected chi connectivity index (χ1v) is 2.41. The molecule has 0 aromatic carbocycles. The average molecular weight is 134 g/mol. The van der Waals surface area contributed by atoms with Gasteiger partial charge in [-0.15, -0.1) is 0 Å². The molecule has 4 nitrogen and oxygen atoms in total. The Morgan fingerprint density at radius 1 is 1.11 bits per heavy atom. The van der Waals surface area contributed by atoms with Gasteiger partial charge in [0.05, 0.1) is 12.2 Å². The van der Waals surface area contributed by atoms with Crippen LogP contribution in [0, 0.1) is 0 Å². The van der Waals surface area contributed by atoms with Crippen molar-refractivity contribution in [1.82, 2.24) is 0 Å². The maximum Gasteiger partial charge on any atom is 0.373 e. The van der Waals surface area contributed by atoms with E-state index in [1.165, 1.54) is 0 Å². The monoisotopic (exact) mass is 134 g/mol. The van der Waals surface area contributed by atoms with E-state index in [-0.39, 0.29) is 6.15 Å². The van der Waals surface area contributed by atoms with E-state index < -0.39 is 12.2 Å². The standard InChI is InChI=1S/C4H10O2.CO2/c1-3(5)4(2)6;2-1-3/h3-6H,1-2H3;. The number of aliphatic hydroxyl groups is 2. The van der Waals surface area contributed by atoms with Crippen LogP contribution >= 0.6 is 0 Å². The van der Waals surface area contributed by atoms with Crippen LogP contribution in [0.5, 0.6) is 0 Å². The van der Waals surface area contributed by atoms with E-state index in [1.807, 2.05) is 0 Å². The summed E-state index contributed by atoms with van der Waals surface area (Å²) in [5.41, 5.74) is 0. The summed E-state index contributed by atoms with van der Waals surface area (Å²) in [6.07, 6.45) is -0.935. The van der Waals surface area contributed by atoms with Gasteiger partial charge in [-0.25, -0.2) is 0 Å². The Bertz CT molecular complexity index is 75.0. The second kappa shape index (κ2) is 7.30. The maximum atomic E-state index is 8.38. The first-order valence-electron chi connectivity index (χ1n) is 2.41. The Balaban J connectivity index is 0. The summed E-state index contributed by atoms with van der Waals surface area (Å²) in [5, 5.41) is 16.8. The highest BCUT2D eigenvalue weighted by atomic mass is 16.3. The van der Waals surface area contributed by atoms with Gasteiger partial charge in [0.1, 0.15) is 0 Å². The van der Waals surface area contributed by atoms with Crippen LogP contribution in [0.25, 0.3) is 0 Å². The van der Waals surface area contributed by atoms with E-state index in [0.29, 0.717) is 0 Å². The van der Waals surface area contributed by atoms with Gasteiger partial charge in [0.25, 0.3) is 0 Å². The van der Waals surface area contributed by atoms with Crippen molar-refractivity contribution in [3.8, 4) is 0 Å². The molecule has 2 N–H and O–H groups in total. The molecule has 0 aliphatic rings. The molecule has 0 saturated carbocycles. The lowest BCUT2D eigenvalue weighted by molar-refractivity contribution is -0.191. The molecule has 2 unspecified atom stereocenters. The van der Waals surface area contributed by atoms with E-state index >= 15 is 0 Å². The molecule has 0 spiro atoms. The summed E-state index contributed by atoms with van der Waals surface area (Å²) in [6.45, 7) is 3.09. The van der Waals surface area contributed by atoms with Crippen LogP contribution < -0.4 is 0 Å². The van der Waals surface area contributed by atoms with Gasteiger partial charge in [0.15, 0.2) is 0 Å². The van der Waals surface area contributed by atoms with Gasteiger partial charge in [-0.1, -0.05) is 0 Å². The molecule has 0 rings (SSSR count). The van der Waals surface area contributed by atoms with Gasteiger partial charge in [0.2, 0.25) is 0 Å². The highest BCUT2D eigenvalue weighted by Gasteiger charge is 1.99. The van der Waals surface area contributed by atoms with E-state index in [4.69, 9.17) is 19.8 Å². The van der Waals surface area contributed by atoms with Crippen LogP contribution in [0.3, 0.4) is 0 Å². The average Bonchev–Trinajstić information content (AvgIpc) is 1.68. The largest absolute Gasteiger partial charge is 0.391 e. The zero-order valence-corrected chi connectivity index (χ0v) is 5.37. The Hall–Kier alpha value is -0.700. The van der Waals surface area contributed by atoms with Crippen molar-refractivity contribution in [2.75, 3.05) is 0 Å². The predicted molar refractivity (Wildman–Crippen MR) is 28.4 cm³/mol. The summed E-state index contributed by atoms with van der Waals surface area (Å²) in [4.78, 5) is 16.2. The third-order valence-corrected chi connectivity index (χ3v) is 0.698. The molecule has 9 heavy (non-hydrogen) atoms. The molecule has 0 aromatic heterocycles. The van der Waals surface area contributed by atoms with Crippen molar-refractivity contribution in [2.24, 2.45) is 0 Å². The van der Waals surface area contributed by atoms with Gasteiger partial charge in [-0.05, 0) is 13.8 Å². The molecule has 0 bridgehead atoms. The van der Waals surface area contributed by atoms with Crippen molar-refractivity contribution in [3.05, 3.63) is 0 Å². The van der Waals surface area contributed by atoms with E-state index in [9.17, 15) is 0 Å². The fourth-order valence-corrected chi connectivity index (χ4v) is 0. The first-order chi connectivity index (χ1) is 4.06. The summed E-state index contributed by atoms with van der Waals surface area (Å²) >= 11 is 0. The predicted octanol–water partition coefficient (Wildman–Crippen LogP) is -0.836. The van der Waals surface area contributed by atoms with Crippen molar-refractivity contribution in [3.63, 3.8) is 0 Å². The van der Waals surface area contributed by atoms with Crippen LogP contribution in [0.2, 0.25) is 0 Å². The highest BCUT2D eigenvalue weighted by Crippen LogP contribution is 1.85. The fourth-order valence-electron chi connectivity index (χ4n) is 0. The van der Waals surface area contributed by atoms with Crippen molar-refractivity contribution < 1.29 is 19.8 Å². The third kappa shape index (κ3) is 18.8. The van der Waals surface area contributed by atoms with Gasteiger partial charge in [-0.2, -0.15) is 9.59 Å². The lowest BCUT2D eigenvalue weighted by Crippen LogP contribution is -2.17. The van der Waals surface area contributed by atoms with Crippen LogP contribution in [0.15, 0.2) is 0 Å². The number of carbonyl (C=O) groups excluding carboxylic acids is 2. The molecule has 4 heteroatoms.